The van der Waals surface area contributed by atoms with Crippen LogP contribution in [0, 0.1) is 11.3 Å². The van der Waals surface area contributed by atoms with E-state index in [0.29, 0.717) is 25.4 Å². The number of piperidine rings is 1. The van der Waals surface area contributed by atoms with Crippen LogP contribution in [0.25, 0.3) is 11.3 Å². The van der Waals surface area contributed by atoms with E-state index in [-0.39, 0.29) is 16.7 Å². The largest absolute Gasteiger partial charge is 0.573 e. The number of ether oxygens (including phenoxy) is 2. The highest BCUT2D eigenvalue weighted by Crippen LogP contribution is 2.43. The normalized spacial score (nSPS) is 17.9. The highest BCUT2D eigenvalue weighted by molar-refractivity contribution is 5.68. The zero-order valence-corrected chi connectivity index (χ0v) is 24.7. The molecule has 0 bridgehead atoms. The molecule has 228 valence electrons. The fourth-order valence-corrected chi connectivity index (χ4v) is 6.43. The third-order valence-corrected chi connectivity index (χ3v) is 8.34. The summed E-state index contributed by atoms with van der Waals surface area (Å²) < 4.78 is 47.7. The van der Waals surface area contributed by atoms with E-state index in [1.807, 2.05) is 37.3 Å². The van der Waals surface area contributed by atoms with Gasteiger partial charge in [0.1, 0.15) is 17.6 Å². The van der Waals surface area contributed by atoms with Crippen LogP contribution in [-0.4, -0.2) is 62.6 Å². The zero-order chi connectivity index (χ0) is 30.5. The molecule has 6 rings (SSSR count). The summed E-state index contributed by atoms with van der Waals surface area (Å²) in [5.41, 5.74) is 4.87. The van der Waals surface area contributed by atoms with E-state index in [1.165, 1.54) is 37.6 Å². The van der Waals surface area contributed by atoms with Gasteiger partial charge in [0, 0.05) is 43.2 Å². The minimum Gasteiger partial charge on any atom is -0.493 e. The molecule has 2 saturated heterocycles. The molecule has 2 aromatic carbocycles. The molecule has 7 nitrogen and oxygen atoms in total. The van der Waals surface area contributed by atoms with Gasteiger partial charge in [-0.25, -0.2) is 0 Å². The van der Waals surface area contributed by atoms with E-state index in [9.17, 15) is 18.4 Å². The van der Waals surface area contributed by atoms with Crippen molar-refractivity contribution in [3.63, 3.8) is 0 Å². The molecule has 1 spiro atoms. The number of halogens is 3. The number of aromatic nitrogens is 1. The molecular formula is C33H38F3N5O2. The molecule has 3 aromatic rings. The molecule has 2 fully saturated rings. The first-order valence-corrected chi connectivity index (χ1v) is 14.9. The Morgan fingerprint density at radius 3 is 2.44 bits per heavy atom. The molecule has 3 aliphatic rings. The summed E-state index contributed by atoms with van der Waals surface area (Å²) in [5, 5.41) is 12.8. The van der Waals surface area contributed by atoms with Crippen molar-refractivity contribution in [3.05, 3.63) is 71.4 Å². The number of hydrogen-bond acceptors (Lipinski definition) is 7. The lowest BCUT2D eigenvalue weighted by atomic mass is 9.69. The fraction of sp³-hybridized carbons (Fsp3) is 0.455. The molecule has 10 heteroatoms. The van der Waals surface area contributed by atoms with Crippen LogP contribution in [-0.2, 0) is 12.0 Å². The van der Waals surface area contributed by atoms with Crippen LogP contribution in [0.3, 0.4) is 0 Å². The summed E-state index contributed by atoms with van der Waals surface area (Å²) >= 11 is 0. The predicted octanol–water partition coefficient (Wildman–Crippen LogP) is 6.27. The Hall–Kier alpha value is -3.81. The quantitative estimate of drug-likeness (QED) is 0.374. The lowest BCUT2D eigenvalue weighted by Crippen LogP contribution is -2.51. The third kappa shape index (κ3) is 7.23. The van der Waals surface area contributed by atoms with Crippen molar-refractivity contribution in [1.82, 2.24) is 15.2 Å². The van der Waals surface area contributed by atoms with E-state index >= 15 is 0 Å². The van der Waals surface area contributed by atoms with E-state index in [4.69, 9.17) is 9.72 Å². The van der Waals surface area contributed by atoms with E-state index in [1.54, 1.807) is 6.07 Å². The number of nitriles is 1. The first kappa shape index (κ1) is 30.6. The summed E-state index contributed by atoms with van der Waals surface area (Å²) in [6.07, 6.45) is -0.343. The Kier molecular flexibility index (Phi) is 9.43. The van der Waals surface area contributed by atoms with Crippen LogP contribution in [0.2, 0.25) is 0 Å². The summed E-state index contributed by atoms with van der Waals surface area (Å²) in [7, 11) is 2.10. The molecule has 0 saturated carbocycles. The maximum atomic E-state index is 12.6. The lowest BCUT2D eigenvalue weighted by Gasteiger charge is -2.48. The number of benzene rings is 2. The van der Waals surface area contributed by atoms with Crippen molar-refractivity contribution in [3.8, 4) is 28.8 Å². The number of likely N-dealkylation sites (N-methyl/N-ethyl adjacent to an activating group) is 1. The van der Waals surface area contributed by atoms with Crippen molar-refractivity contribution in [2.45, 2.75) is 50.9 Å². The molecular weight excluding hydrogens is 555 g/mol. The van der Waals surface area contributed by atoms with Gasteiger partial charge in [-0.3, -0.25) is 9.88 Å². The van der Waals surface area contributed by atoms with Crippen LogP contribution < -0.4 is 19.7 Å². The molecule has 1 N–H and O–H groups in total. The van der Waals surface area contributed by atoms with Crippen LogP contribution in [0.5, 0.6) is 11.5 Å². The van der Waals surface area contributed by atoms with Gasteiger partial charge in [-0.15, -0.1) is 13.2 Å². The Bertz CT molecular complexity index is 1440. The number of anilines is 1. The molecule has 0 radical (unpaired) electrons. The Balaban J connectivity index is 0.000000668. The second-order valence-electron chi connectivity index (χ2n) is 11.4. The number of rotatable bonds is 5. The van der Waals surface area contributed by atoms with E-state index in [0.717, 1.165) is 54.7 Å². The van der Waals surface area contributed by atoms with Gasteiger partial charge >= 0.3 is 6.36 Å². The maximum Gasteiger partial charge on any atom is 0.573 e. The standard InChI is InChI=1S/C29H29F3N4O2.C4H9N/c1-3-37-27-7-5-4-6-22(27)24-10-9-23-25(34-24)18-35(2)19-28(23)12-14-36(15-13-28)26-11-8-21(16-20(26)17-33)38-29(30,31)32;1-2-4-5-3-1/h4-11,16H,3,12-15,18-19H2,1-2H3;5H,1-4H2. The summed E-state index contributed by atoms with van der Waals surface area (Å²) in [6.45, 7) is 8.05. The average Bonchev–Trinajstić information content (AvgIpc) is 3.58. The van der Waals surface area contributed by atoms with Gasteiger partial charge in [0.05, 0.1) is 29.2 Å². The second-order valence-corrected chi connectivity index (χ2v) is 11.4. The zero-order valence-electron chi connectivity index (χ0n) is 24.7. The highest BCUT2D eigenvalue weighted by Gasteiger charge is 2.42. The third-order valence-electron chi connectivity index (χ3n) is 8.34. The van der Waals surface area contributed by atoms with Crippen LogP contribution in [0.1, 0.15) is 49.4 Å². The van der Waals surface area contributed by atoms with Gasteiger partial charge in [0.2, 0.25) is 0 Å². The van der Waals surface area contributed by atoms with Gasteiger partial charge < -0.3 is 19.7 Å². The van der Waals surface area contributed by atoms with Crippen molar-refractivity contribution in [1.29, 1.82) is 5.26 Å². The van der Waals surface area contributed by atoms with Gasteiger partial charge in [-0.05, 0) is 88.6 Å². The van der Waals surface area contributed by atoms with Gasteiger partial charge in [0.15, 0.2) is 0 Å². The molecule has 0 aliphatic carbocycles. The Morgan fingerprint density at radius 2 is 1.79 bits per heavy atom. The van der Waals surface area contributed by atoms with Gasteiger partial charge in [-0.2, -0.15) is 5.26 Å². The number of nitrogens with one attached hydrogen (secondary N) is 1. The van der Waals surface area contributed by atoms with Crippen LogP contribution >= 0.6 is 0 Å². The summed E-state index contributed by atoms with van der Waals surface area (Å²) in [6, 6.07) is 18.2. The lowest BCUT2D eigenvalue weighted by molar-refractivity contribution is -0.274. The first-order chi connectivity index (χ1) is 20.7. The maximum absolute atomic E-state index is 12.6. The summed E-state index contributed by atoms with van der Waals surface area (Å²) in [5.74, 6) is 0.427. The SMILES string of the molecule is C1CCNC1.CCOc1ccccc1-c1ccc2c(n1)CN(C)CC21CCN(c2ccc(OC(F)(F)F)cc2C#N)CC1. The highest BCUT2D eigenvalue weighted by atomic mass is 19.4. The monoisotopic (exact) mass is 593 g/mol. The van der Waals surface area contributed by atoms with E-state index in [2.05, 4.69) is 39.0 Å². The van der Waals surface area contributed by atoms with Crippen molar-refractivity contribution in [2.24, 2.45) is 0 Å². The molecule has 0 unspecified atom stereocenters. The van der Waals surface area contributed by atoms with Crippen molar-refractivity contribution in [2.75, 3.05) is 51.3 Å². The number of nitrogens with zero attached hydrogens (tertiary/aromatic N) is 4. The molecule has 3 aliphatic heterocycles. The molecule has 1 aromatic heterocycles. The van der Waals surface area contributed by atoms with Gasteiger partial charge in [0.25, 0.3) is 0 Å². The predicted molar refractivity (Wildman–Crippen MR) is 160 cm³/mol. The molecule has 0 amide bonds. The van der Waals surface area contributed by atoms with Crippen molar-refractivity contribution >= 4 is 5.69 Å². The van der Waals surface area contributed by atoms with Crippen LogP contribution in [0.4, 0.5) is 18.9 Å². The minimum absolute atomic E-state index is 0.0874. The fourth-order valence-electron chi connectivity index (χ4n) is 6.43. The Morgan fingerprint density at radius 1 is 1.05 bits per heavy atom. The minimum atomic E-state index is -4.80. The number of para-hydroxylation sites is 1. The van der Waals surface area contributed by atoms with Crippen molar-refractivity contribution < 1.29 is 22.6 Å². The van der Waals surface area contributed by atoms with E-state index < -0.39 is 6.36 Å². The van der Waals surface area contributed by atoms with Gasteiger partial charge in [-0.1, -0.05) is 18.2 Å². The Labute approximate surface area is 251 Å². The number of hydrogen-bond donors (Lipinski definition) is 1. The number of pyridine rings is 1. The number of alkyl halides is 3. The topological polar surface area (TPSA) is 73.7 Å². The smallest absolute Gasteiger partial charge is 0.493 e. The summed E-state index contributed by atoms with van der Waals surface area (Å²) in [4.78, 5) is 9.46. The number of fused-ring (bicyclic) bond motifs is 2. The molecule has 43 heavy (non-hydrogen) atoms. The first-order valence-electron chi connectivity index (χ1n) is 14.9. The average molecular weight is 594 g/mol. The van der Waals surface area contributed by atoms with Crippen LogP contribution in [0.15, 0.2) is 54.6 Å². The molecule has 0 atom stereocenters. The second kappa shape index (κ2) is 13.2. The molecule has 4 heterocycles.